The van der Waals surface area contributed by atoms with E-state index in [-0.39, 0.29) is 24.4 Å². The van der Waals surface area contributed by atoms with Gasteiger partial charge >= 0.3 is 5.97 Å². The summed E-state index contributed by atoms with van der Waals surface area (Å²) < 4.78 is 26.1. The molecule has 1 aromatic carbocycles. The monoisotopic (exact) mass is 298 g/mol. The lowest BCUT2D eigenvalue weighted by atomic mass is 10.0. The number of hydrogen-bond acceptors (Lipinski definition) is 4. The minimum atomic E-state index is -3.69. The van der Waals surface area contributed by atoms with E-state index in [4.69, 9.17) is 10.8 Å². The van der Waals surface area contributed by atoms with Crippen LogP contribution in [0, 0.1) is 13.8 Å². The van der Waals surface area contributed by atoms with Crippen molar-refractivity contribution in [3.8, 4) is 0 Å². The van der Waals surface area contributed by atoms with Crippen LogP contribution in [0.25, 0.3) is 0 Å². The second kappa shape index (κ2) is 4.83. The van der Waals surface area contributed by atoms with Crippen molar-refractivity contribution in [3.63, 3.8) is 0 Å². The van der Waals surface area contributed by atoms with Gasteiger partial charge in [0.05, 0.1) is 4.90 Å². The summed E-state index contributed by atoms with van der Waals surface area (Å²) in [5, 5.41) is 9.06. The fourth-order valence-electron chi connectivity index (χ4n) is 2.20. The molecule has 1 aliphatic rings. The Morgan fingerprint density at radius 2 is 2.00 bits per heavy atom. The third-order valence-corrected chi connectivity index (χ3v) is 5.65. The van der Waals surface area contributed by atoms with Crippen LogP contribution >= 0.6 is 0 Å². The highest BCUT2D eigenvalue weighted by Gasteiger charge is 2.45. The first kappa shape index (κ1) is 15.0. The van der Waals surface area contributed by atoms with E-state index in [1.807, 2.05) is 13.8 Å². The van der Waals surface area contributed by atoms with Crippen molar-refractivity contribution >= 4 is 16.0 Å². The topological polar surface area (TPSA) is 101 Å². The maximum absolute atomic E-state index is 12.5. The third-order valence-electron chi connectivity index (χ3n) is 3.81. The molecular formula is C13H18N2O4S. The molecule has 7 heteroatoms. The SMILES string of the molecule is Cc1ccc(S(=O)(=O)N2CCC(N)(C(=O)O)C2)cc1C. The number of rotatable bonds is 3. The fraction of sp³-hybridized carbons (Fsp3) is 0.462. The van der Waals surface area contributed by atoms with Crippen molar-refractivity contribution in [1.29, 1.82) is 0 Å². The van der Waals surface area contributed by atoms with E-state index in [0.29, 0.717) is 0 Å². The van der Waals surface area contributed by atoms with Gasteiger partial charge in [-0.2, -0.15) is 4.31 Å². The zero-order chi connectivity index (χ0) is 15.1. The van der Waals surface area contributed by atoms with Crippen LogP contribution in [-0.2, 0) is 14.8 Å². The van der Waals surface area contributed by atoms with Crippen LogP contribution < -0.4 is 5.73 Å². The Morgan fingerprint density at radius 3 is 2.50 bits per heavy atom. The molecule has 0 spiro atoms. The van der Waals surface area contributed by atoms with Gasteiger partial charge in [-0.05, 0) is 43.5 Å². The van der Waals surface area contributed by atoms with E-state index in [9.17, 15) is 13.2 Å². The summed E-state index contributed by atoms with van der Waals surface area (Å²) in [6.07, 6.45) is 0.117. The Morgan fingerprint density at radius 1 is 1.35 bits per heavy atom. The summed E-state index contributed by atoms with van der Waals surface area (Å²) in [4.78, 5) is 11.3. The Bertz CT molecular complexity index is 656. The van der Waals surface area contributed by atoms with Crippen LogP contribution in [0.1, 0.15) is 17.5 Å². The Hall–Kier alpha value is -1.44. The van der Waals surface area contributed by atoms with Gasteiger partial charge in [0, 0.05) is 13.1 Å². The lowest BCUT2D eigenvalue weighted by molar-refractivity contribution is -0.142. The zero-order valence-electron chi connectivity index (χ0n) is 11.5. The zero-order valence-corrected chi connectivity index (χ0v) is 12.3. The molecule has 1 saturated heterocycles. The normalized spacial score (nSPS) is 23.9. The Balaban J connectivity index is 2.33. The predicted molar refractivity (Wildman–Crippen MR) is 73.8 cm³/mol. The summed E-state index contributed by atoms with van der Waals surface area (Å²) >= 11 is 0. The van der Waals surface area contributed by atoms with Crippen LogP contribution in [0.3, 0.4) is 0 Å². The molecule has 0 aliphatic carbocycles. The van der Waals surface area contributed by atoms with Crippen molar-refractivity contribution in [3.05, 3.63) is 29.3 Å². The standard InChI is InChI=1S/C13H18N2O4S/c1-9-3-4-11(7-10(9)2)20(18,19)15-6-5-13(14,8-15)12(16)17/h3-4,7H,5-6,8,14H2,1-2H3,(H,16,17). The number of nitrogens with zero attached hydrogens (tertiary/aromatic N) is 1. The van der Waals surface area contributed by atoms with Gasteiger partial charge in [0.1, 0.15) is 5.54 Å². The van der Waals surface area contributed by atoms with Crippen LogP contribution in [0.4, 0.5) is 0 Å². The summed E-state index contributed by atoms with van der Waals surface area (Å²) in [5.74, 6) is -1.17. The molecule has 1 fully saturated rings. The summed E-state index contributed by atoms with van der Waals surface area (Å²) in [7, 11) is -3.69. The summed E-state index contributed by atoms with van der Waals surface area (Å²) in [5.41, 5.74) is 6.10. The van der Waals surface area contributed by atoms with Crippen LogP contribution in [0.2, 0.25) is 0 Å². The molecule has 20 heavy (non-hydrogen) atoms. The average Bonchev–Trinajstić information content (AvgIpc) is 2.77. The molecule has 0 radical (unpaired) electrons. The molecule has 0 aromatic heterocycles. The van der Waals surface area contributed by atoms with E-state index in [1.54, 1.807) is 12.1 Å². The number of sulfonamides is 1. The molecule has 0 amide bonds. The number of carbonyl (C=O) groups is 1. The largest absolute Gasteiger partial charge is 0.480 e. The maximum Gasteiger partial charge on any atom is 0.325 e. The minimum Gasteiger partial charge on any atom is -0.480 e. The van der Waals surface area contributed by atoms with Gasteiger partial charge in [0.15, 0.2) is 0 Å². The predicted octanol–water partition coefficient (Wildman–Crippen LogP) is 0.480. The van der Waals surface area contributed by atoms with Gasteiger partial charge in [0.2, 0.25) is 10.0 Å². The first-order chi connectivity index (χ1) is 9.17. The molecule has 6 nitrogen and oxygen atoms in total. The Kier molecular flexibility index (Phi) is 3.62. The molecule has 1 heterocycles. The number of nitrogens with two attached hydrogens (primary N) is 1. The van der Waals surface area contributed by atoms with E-state index >= 15 is 0 Å². The summed E-state index contributed by atoms with van der Waals surface area (Å²) in [6, 6.07) is 4.88. The highest BCUT2D eigenvalue weighted by atomic mass is 32.2. The Labute approximate surface area is 118 Å². The number of hydrogen-bond donors (Lipinski definition) is 2. The first-order valence-electron chi connectivity index (χ1n) is 6.26. The smallest absolute Gasteiger partial charge is 0.325 e. The van der Waals surface area contributed by atoms with Gasteiger partial charge in [-0.3, -0.25) is 4.79 Å². The molecule has 3 N–H and O–H groups in total. The second-order valence-corrected chi connectivity index (χ2v) is 7.23. The van der Waals surface area contributed by atoms with Crippen LogP contribution in [-0.4, -0.2) is 42.4 Å². The van der Waals surface area contributed by atoms with E-state index in [0.717, 1.165) is 15.4 Å². The number of carboxylic acids is 1. The van der Waals surface area contributed by atoms with Crippen molar-refractivity contribution in [2.75, 3.05) is 13.1 Å². The van der Waals surface area contributed by atoms with E-state index in [2.05, 4.69) is 0 Å². The maximum atomic E-state index is 12.5. The third kappa shape index (κ3) is 2.44. The molecule has 1 aliphatic heterocycles. The van der Waals surface area contributed by atoms with Crippen molar-refractivity contribution in [2.45, 2.75) is 30.7 Å². The van der Waals surface area contributed by atoms with Crippen molar-refractivity contribution in [2.24, 2.45) is 5.73 Å². The highest BCUT2D eigenvalue weighted by Crippen LogP contribution is 2.26. The second-order valence-electron chi connectivity index (χ2n) is 5.30. The number of carboxylic acid groups (broad SMARTS) is 1. The molecule has 0 saturated carbocycles. The summed E-state index contributed by atoms with van der Waals surface area (Å²) in [6.45, 7) is 3.66. The molecule has 2 rings (SSSR count). The van der Waals surface area contributed by atoms with Crippen molar-refractivity contribution in [1.82, 2.24) is 4.31 Å². The number of aliphatic carboxylic acids is 1. The fourth-order valence-corrected chi connectivity index (χ4v) is 3.80. The molecule has 1 aromatic rings. The van der Waals surface area contributed by atoms with Gasteiger partial charge < -0.3 is 10.8 Å². The highest BCUT2D eigenvalue weighted by molar-refractivity contribution is 7.89. The molecule has 110 valence electrons. The molecule has 1 atom stereocenters. The van der Waals surface area contributed by atoms with Gasteiger partial charge in [-0.25, -0.2) is 8.42 Å². The lowest BCUT2D eigenvalue weighted by Crippen LogP contribution is -2.50. The average molecular weight is 298 g/mol. The van der Waals surface area contributed by atoms with Gasteiger partial charge in [0.25, 0.3) is 0 Å². The van der Waals surface area contributed by atoms with Crippen LogP contribution in [0.5, 0.6) is 0 Å². The van der Waals surface area contributed by atoms with Gasteiger partial charge in [-0.15, -0.1) is 0 Å². The number of benzene rings is 1. The molecule has 1 unspecified atom stereocenters. The van der Waals surface area contributed by atoms with Crippen LogP contribution in [0.15, 0.2) is 23.1 Å². The molecule has 0 bridgehead atoms. The first-order valence-corrected chi connectivity index (χ1v) is 7.70. The molecular weight excluding hydrogens is 280 g/mol. The van der Waals surface area contributed by atoms with E-state index < -0.39 is 21.5 Å². The number of aryl methyl sites for hydroxylation is 2. The minimum absolute atomic E-state index is 0.117. The van der Waals surface area contributed by atoms with Gasteiger partial charge in [-0.1, -0.05) is 6.07 Å². The van der Waals surface area contributed by atoms with E-state index in [1.165, 1.54) is 6.07 Å². The lowest BCUT2D eigenvalue weighted by Gasteiger charge is -2.20. The van der Waals surface area contributed by atoms with Crippen molar-refractivity contribution < 1.29 is 18.3 Å². The quantitative estimate of drug-likeness (QED) is 0.845.